The maximum Gasteiger partial charge on any atom is 0.152 e. The molecule has 0 aliphatic carbocycles. The molecule has 1 N–H and O–H groups in total. The third-order valence-corrected chi connectivity index (χ3v) is 4.97. The van der Waals surface area contributed by atoms with Crippen LogP contribution in [0.4, 0.5) is 0 Å². The molecular formula is C20H23N5O2. The number of hydrogen-bond donors (Lipinski definition) is 1. The van der Waals surface area contributed by atoms with Gasteiger partial charge in [-0.15, -0.1) is 0 Å². The minimum atomic E-state index is -0.224. The van der Waals surface area contributed by atoms with Crippen molar-refractivity contribution in [3.8, 4) is 11.3 Å². The summed E-state index contributed by atoms with van der Waals surface area (Å²) in [6.07, 6.45) is 7.04. The minimum absolute atomic E-state index is 0.140. The molecule has 0 aromatic carbocycles. The van der Waals surface area contributed by atoms with Gasteiger partial charge in [0.15, 0.2) is 5.78 Å². The number of carbonyl (C=O) groups is 1. The Bertz CT molecular complexity index is 960. The van der Waals surface area contributed by atoms with Gasteiger partial charge in [-0.05, 0) is 31.0 Å². The minimum Gasteiger partial charge on any atom is -0.393 e. The highest BCUT2D eigenvalue weighted by molar-refractivity contribution is 5.85. The number of pyridine rings is 2. The summed E-state index contributed by atoms with van der Waals surface area (Å²) in [4.78, 5) is 23.7. The average molecular weight is 365 g/mol. The van der Waals surface area contributed by atoms with E-state index in [1.807, 2.05) is 31.4 Å². The second-order valence-electron chi connectivity index (χ2n) is 7.19. The van der Waals surface area contributed by atoms with Crippen molar-refractivity contribution in [3.05, 3.63) is 42.5 Å². The molecule has 3 aromatic heterocycles. The zero-order valence-corrected chi connectivity index (χ0v) is 15.4. The van der Waals surface area contributed by atoms with Gasteiger partial charge in [0.2, 0.25) is 0 Å². The van der Waals surface area contributed by atoms with E-state index in [9.17, 15) is 9.90 Å². The summed E-state index contributed by atoms with van der Waals surface area (Å²) in [5.41, 5.74) is 3.38. The number of aliphatic hydroxyl groups excluding tert-OH is 1. The van der Waals surface area contributed by atoms with E-state index in [0.29, 0.717) is 13.0 Å². The van der Waals surface area contributed by atoms with Gasteiger partial charge >= 0.3 is 0 Å². The molecule has 140 valence electrons. The second-order valence-corrected chi connectivity index (χ2v) is 7.19. The van der Waals surface area contributed by atoms with E-state index in [1.54, 1.807) is 17.1 Å². The van der Waals surface area contributed by atoms with Crippen molar-refractivity contribution in [1.82, 2.24) is 24.6 Å². The Balaban J connectivity index is 1.48. The second kappa shape index (κ2) is 7.54. The number of piperidine rings is 1. The molecule has 0 bridgehead atoms. The topological polar surface area (TPSA) is 84.1 Å². The van der Waals surface area contributed by atoms with E-state index in [-0.39, 0.29) is 11.9 Å². The Hall–Kier alpha value is -2.64. The van der Waals surface area contributed by atoms with Gasteiger partial charge in [0.05, 0.1) is 36.5 Å². The highest BCUT2D eigenvalue weighted by atomic mass is 16.3. The largest absolute Gasteiger partial charge is 0.393 e. The normalized spacial score (nSPS) is 16.1. The summed E-state index contributed by atoms with van der Waals surface area (Å²) in [6, 6.07) is 5.84. The van der Waals surface area contributed by atoms with E-state index in [4.69, 9.17) is 4.98 Å². The lowest BCUT2D eigenvalue weighted by atomic mass is 10.1. The highest BCUT2D eigenvalue weighted by Gasteiger charge is 2.19. The quantitative estimate of drug-likeness (QED) is 0.739. The van der Waals surface area contributed by atoms with Crippen LogP contribution in [0.3, 0.4) is 0 Å². The predicted octanol–water partition coefficient (Wildman–Crippen LogP) is 1.60. The number of aromatic nitrogens is 4. The van der Waals surface area contributed by atoms with Crippen LogP contribution in [-0.2, 0) is 18.3 Å². The predicted molar refractivity (Wildman–Crippen MR) is 102 cm³/mol. The summed E-state index contributed by atoms with van der Waals surface area (Å²) >= 11 is 0. The third kappa shape index (κ3) is 4.20. The van der Waals surface area contributed by atoms with Crippen LogP contribution in [0, 0.1) is 0 Å². The van der Waals surface area contributed by atoms with E-state index >= 15 is 0 Å². The lowest BCUT2D eigenvalue weighted by Gasteiger charge is -2.28. The number of fused-ring (bicyclic) bond motifs is 1. The lowest BCUT2D eigenvalue weighted by Crippen LogP contribution is -2.39. The van der Waals surface area contributed by atoms with Gasteiger partial charge in [-0.1, -0.05) is 0 Å². The molecule has 0 spiro atoms. The van der Waals surface area contributed by atoms with Crippen LogP contribution in [0.25, 0.3) is 22.2 Å². The molecule has 0 amide bonds. The summed E-state index contributed by atoms with van der Waals surface area (Å²) < 4.78 is 1.75. The summed E-state index contributed by atoms with van der Waals surface area (Å²) in [5.74, 6) is 0.140. The SMILES string of the molecule is Cn1cc(-c2ccc3cnc(CC(=O)CN4CCC(O)CC4)cc3n2)cn1. The zero-order valence-electron chi connectivity index (χ0n) is 15.4. The van der Waals surface area contributed by atoms with E-state index in [0.717, 1.165) is 53.8 Å². The third-order valence-electron chi connectivity index (χ3n) is 4.97. The smallest absolute Gasteiger partial charge is 0.152 e. The Morgan fingerprint density at radius 1 is 1.26 bits per heavy atom. The molecule has 7 heteroatoms. The number of aryl methyl sites for hydroxylation is 1. The van der Waals surface area contributed by atoms with Crippen molar-refractivity contribution in [2.75, 3.05) is 19.6 Å². The van der Waals surface area contributed by atoms with Crippen LogP contribution in [0.2, 0.25) is 0 Å². The van der Waals surface area contributed by atoms with E-state index in [1.165, 1.54) is 0 Å². The highest BCUT2D eigenvalue weighted by Crippen LogP contribution is 2.20. The molecule has 0 atom stereocenters. The Labute approximate surface area is 157 Å². The monoisotopic (exact) mass is 365 g/mol. The number of Topliss-reactive ketones (excluding diaryl/α,β-unsaturated/α-hetero) is 1. The van der Waals surface area contributed by atoms with Crippen LogP contribution in [0.1, 0.15) is 18.5 Å². The molecule has 0 saturated carbocycles. The average Bonchev–Trinajstić information content (AvgIpc) is 3.09. The van der Waals surface area contributed by atoms with Gasteiger partial charge in [-0.25, -0.2) is 4.98 Å². The maximum absolute atomic E-state index is 12.4. The first-order chi connectivity index (χ1) is 13.1. The molecule has 4 rings (SSSR count). The fourth-order valence-corrected chi connectivity index (χ4v) is 3.45. The van der Waals surface area contributed by atoms with Crippen LogP contribution < -0.4 is 0 Å². The molecule has 7 nitrogen and oxygen atoms in total. The van der Waals surface area contributed by atoms with Crippen molar-refractivity contribution in [3.63, 3.8) is 0 Å². The summed E-state index contributed by atoms with van der Waals surface area (Å²) in [6.45, 7) is 1.96. The molecule has 1 aliphatic heterocycles. The molecule has 3 aromatic rings. The number of rotatable bonds is 5. The number of aliphatic hydroxyl groups is 1. The zero-order chi connectivity index (χ0) is 18.8. The molecule has 0 radical (unpaired) electrons. The molecule has 4 heterocycles. The number of carbonyl (C=O) groups excluding carboxylic acids is 1. The fraction of sp³-hybridized carbons (Fsp3) is 0.400. The van der Waals surface area contributed by atoms with Crippen LogP contribution in [0.15, 0.2) is 36.8 Å². The van der Waals surface area contributed by atoms with Gasteiger partial charge in [-0.2, -0.15) is 5.10 Å². The van der Waals surface area contributed by atoms with Gasteiger partial charge in [-0.3, -0.25) is 19.4 Å². The Morgan fingerprint density at radius 3 is 2.81 bits per heavy atom. The van der Waals surface area contributed by atoms with Gasteiger partial charge in [0.1, 0.15) is 0 Å². The summed E-state index contributed by atoms with van der Waals surface area (Å²) in [5, 5.41) is 14.7. The summed E-state index contributed by atoms with van der Waals surface area (Å²) in [7, 11) is 1.88. The van der Waals surface area contributed by atoms with Crippen molar-refractivity contribution >= 4 is 16.7 Å². The van der Waals surface area contributed by atoms with Crippen LogP contribution in [-0.4, -0.2) is 61.3 Å². The molecule has 27 heavy (non-hydrogen) atoms. The first kappa shape index (κ1) is 17.8. The number of likely N-dealkylation sites (tertiary alicyclic amines) is 1. The molecule has 1 aliphatic rings. The number of ketones is 1. The van der Waals surface area contributed by atoms with Crippen molar-refractivity contribution in [2.45, 2.75) is 25.4 Å². The van der Waals surface area contributed by atoms with Crippen LogP contribution in [0.5, 0.6) is 0 Å². The van der Waals surface area contributed by atoms with E-state index in [2.05, 4.69) is 15.0 Å². The van der Waals surface area contributed by atoms with Gasteiger partial charge in [0, 0.05) is 49.2 Å². The number of nitrogens with zero attached hydrogens (tertiary/aromatic N) is 5. The van der Waals surface area contributed by atoms with Crippen molar-refractivity contribution in [2.24, 2.45) is 7.05 Å². The fourth-order valence-electron chi connectivity index (χ4n) is 3.45. The van der Waals surface area contributed by atoms with Crippen molar-refractivity contribution in [1.29, 1.82) is 0 Å². The Morgan fingerprint density at radius 2 is 2.07 bits per heavy atom. The van der Waals surface area contributed by atoms with Crippen LogP contribution >= 0.6 is 0 Å². The lowest BCUT2D eigenvalue weighted by molar-refractivity contribution is -0.120. The standard InChI is InChI=1S/C20H23N5O2/c1-24-12-15(11-22-24)19-3-2-14-10-21-16(9-20(14)23-19)8-18(27)13-25-6-4-17(26)5-7-25/h2-3,9-12,17,26H,4-8,13H2,1H3. The van der Waals surface area contributed by atoms with Gasteiger partial charge in [0.25, 0.3) is 0 Å². The van der Waals surface area contributed by atoms with Crippen molar-refractivity contribution < 1.29 is 9.90 Å². The Kier molecular flexibility index (Phi) is 4.96. The number of hydrogen-bond acceptors (Lipinski definition) is 6. The maximum atomic E-state index is 12.4. The molecule has 1 fully saturated rings. The first-order valence-electron chi connectivity index (χ1n) is 9.23. The van der Waals surface area contributed by atoms with E-state index < -0.39 is 0 Å². The molecule has 1 saturated heterocycles. The first-order valence-corrected chi connectivity index (χ1v) is 9.23. The molecular weight excluding hydrogens is 342 g/mol. The van der Waals surface area contributed by atoms with Gasteiger partial charge < -0.3 is 5.11 Å². The molecule has 0 unspecified atom stereocenters.